The number of aryl methyl sites for hydroxylation is 1. The van der Waals surface area contributed by atoms with Gasteiger partial charge in [-0.2, -0.15) is 0 Å². The predicted octanol–water partition coefficient (Wildman–Crippen LogP) is 5.75. The molecule has 0 aliphatic carbocycles. The molecule has 0 radical (unpaired) electrons. The summed E-state index contributed by atoms with van der Waals surface area (Å²) in [5, 5.41) is 0.603. The molecule has 0 spiro atoms. The molecular formula is C30H31BrN4O2. The molecule has 4 aromatic rings. The summed E-state index contributed by atoms with van der Waals surface area (Å²) < 4.78 is 2.72. The van der Waals surface area contributed by atoms with E-state index in [1.807, 2.05) is 84.6 Å². The molecule has 2 heterocycles. The molecule has 1 aliphatic rings. The molecule has 1 saturated heterocycles. The van der Waals surface area contributed by atoms with Crippen molar-refractivity contribution in [1.82, 2.24) is 19.4 Å². The number of amides is 1. The Kier molecular flexibility index (Phi) is 7.26. The molecular weight excluding hydrogens is 528 g/mol. The van der Waals surface area contributed by atoms with E-state index in [0.717, 1.165) is 33.5 Å². The Balaban J connectivity index is 1.51. The largest absolute Gasteiger partial charge is 0.333 e. The van der Waals surface area contributed by atoms with Crippen molar-refractivity contribution in [2.75, 3.05) is 19.6 Å². The van der Waals surface area contributed by atoms with E-state index in [-0.39, 0.29) is 23.6 Å². The third-order valence-corrected chi connectivity index (χ3v) is 7.84. The number of hydrogen-bond acceptors (Lipinski definition) is 4. The van der Waals surface area contributed by atoms with Crippen LogP contribution in [0.15, 0.2) is 82.1 Å². The molecule has 1 aliphatic heterocycles. The first-order chi connectivity index (χ1) is 17.9. The van der Waals surface area contributed by atoms with Gasteiger partial charge in [-0.05, 0) is 68.3 Å². The van der Waals surface area contributed by atoms with E-state index >= 15 is 0 Å². The standard InChI is InChI=1S/C30H31BrN4O2/c1-4-27(33-17-18-34(21(3)19-33)29(36)24-10-6-5-9-20(24)2)28-32-26-12-8-7-11-25(26)30(37)35(28)23-15-13-22(31)14-16-23/h5-16,21,27H,4,17-19H2,1-3H3. The van der Waals surface area contributed by atoms with Crippen LogP contribution in [0.25, 0.3) is 16.6 Å². The lowest BCUT2D eigenvalue weighted by atomic mass is 10.0. The molecule has 1 fully saturated rings. The number of piperazine rings is 1. The quantitative estimate of drug-likeness (QED) is 0.312. The number of para-hydroxylation sites is 1. The van der Waals surface area contributed by atoms with Gasteiger partial charge in [0.05, 0.1) is 22.6 Å². The summed E-state index contributed by atoms with van der Waals surface area (Å²) in [4.78, 5) is 36.5. The van der Waals surface area contributed by atoms with E-state index in [1.165, 1.54) is 0 Å². The number of rotatable bonds is 5. The zero-order chi connectivity index (χ0) is 26.1. The smallest absolute Gasteiger partial charge is 0.266 e. The number of hydrogen-bond donors (Lipinski definition) is 0. The number of fused-ring (bicyclic) bond motifs is 1. The molecule has 2 unspecified atom stereocenters. The summed E-state index contributed by atoms with van der Waals surface area (Å²) in [6.07, 6.45) is 0.791. The molecule has 3 aromatic carbocycles. The lowest BCUT2D eigenvalue weighted by molar-refractivity contribution is 0.0364. The minimum atomic E-state index is -0.0703. The summed E-state index contributed by atoms with van der Waals surface area (Å²) in [5.41, 5.74) is 3.18. The molecule has 0 bridgehead atoms. The summed E-state index contributed by atoms with van der Waals surface area (Å²) in [6, 6.07) is 23.0. The van der Waals surface area contributed by atoms with E-state index < -0.39 is 0 Å². The molecule has 0 saturated carbocycles. The maximum Gasteiger partial charge on any atom is 0.266 e. The highest BCUT2D eigenvalue weighted by Crippen LogP contribution is 2.29. The molecule has 6 nitrogen and oxygen atoms in total. The van der Waals surface area contributed by atoms with Gasteiger partial charge >= 0.3 is 0 Å². The normalized spacial score (nSPS) is 17.2. The number of halogens is 1. The number of nitrogens with zero attached hydrogens (tertiary/aromatic N) is 4. The first-order valence-electron chi connectivity index (χ1n) is 12.8. The van der Waals surface area contributed by atoms with Crippen molar-refractivity contribution >= 4 is 32.7 Å². The van der Waals surface area contributed by atoms with E-state index in [9.17, 15) is 9.59 Å². The average molecular weight is 560 g/mol. The second kappa shape index (κ2) is 10.6. The molecule has 1 aromatic heterocycles. The zero-order valence-corrected chi connectivity index (χ0v) is 23.0. The van der Waals surface area contributed by atoms with Crippen LogP contribution in [0, 0.1) is 6.92 Å². The summed E-state index contributed by atoms with van der Waals surface area (Å²) in [5.74, 6) is 0.813. The third-order valence-electron chi connectivity index (χ3n) is 7.31. The van der Waals surface area contributed by atoms with Crippen LogP contribution in [0.5, 0.6) is 0 Å². The number of carbonyl (C=O) groups excluding carboxylic acids is 1. The lowest BCUT2D eigenvalue weighted by Gasteiger charge is -2.43. The number of benzene rings is 3. The first kappa shape index (κ1) is 25.4. The van der Waals surface area contributed by atoms with Gasteiger partial charge in [-0.3, -0.25) is 19.1 Å². The Bertz CT molecular complexity index is 1500. The van der Waals surface area contributed by atoms with E-state index in [2.05, 4.69) is 34.7 Å². The van der Waals surface area contributed by atoms with Crippen LogP contribution in [0.4, 0.5) is 0 Å². The van der Waals surface area contributed by atoms with E-state index in [0.29, 0.717) is 30.5 Å². The topological polar surface area (TPSA) is 58.4 Å². The Morgan fingerprint density at radius 1 is 1.03 bits per heavy atom. The van der Waals surface area contributed by atoms with Crippen LogP contribution in [0.2, 0.25) is 0 Å². The molecule has 1 amide bonds. The summed E-state index contributed by atoms with van der Waals surface area (Å²) in [6.45, 7) is 8.26. The van der Waals surface area contributed by atoms with Crippen LogP contribution >= 0.6 is 15.9 Å². The van der Waals surface area contributed by atoms with Crippen molar-refractivity contribution in [2.45, 2.75) is 39.3 Å². The van der Waals surface area contributed by atoms with Gasteiger partial charge in [0.25, 0.3) is 11.5 Å². The summed E-state index contributed by atoms with van der Waals surface area (Å²) >= 11 is 3.50. The third kappa shape index (κ3) is 4.86. The number of aromatic nitrogens is 2. The SMILES string of the molecule is CCC(c1nc2ccccc2c(=O)n1-c1ccc(Br)cc1)N1CCN(C(=O)c2ccccc2C)C(C)C1. The van der Waals surface area contributed by atoms with Crippen molar-refractivity contribution in [3.8, 4) is 5.69 Å². The second-order valence-corrected chi connectivity index (χ2v) is 10.6. The zero-order valence-electron chi connectivity index (χ0n) is 21.4. The van der Waals surface area contributed by atoms with Crippen molar-refractivity contribution in [3.05, 3.63) is 105 Å². The molecule has 2 atom stereocenters. The monoisotopic (exact) mass is 558 g/mol. The highest BCUT2D eigenvalue weighted by Gasteiger charge is 2.34. The van der Waals surface area contributed by atoms with Gasteiger partial charge in [-0.15, -0.1) is 0 Å². The first-order valence-corrected chi connectivity index (χ1v) is 13.6. The fourth-order valence-corrected chi connectivity index (χ4v) is 5.62. The van der Waals surface area contributed by atoms with E-state index in [4.69, 9.17) is 4.98 Å². The highest BCUT2D eigenvalue weighted by atomic mass is 79.9. The Labute approximate surface area is 225 Å². The van der Waals surface area contributed by atoms with Gasteiger partial charge < -0.3 is 4.90 Å². The van der Waals surface area contributed by atoms with Crippen LogP contribution < -0.4 is 5.56 Å². The van der Waals surface area contributed by atoms with Gasteiger partial charge in [-0.1, -0.05) is 53.2 Å². The molecule has 0 N–H and O–H groups in total. The van der Waals surface area contributed by atoms with Gasteiger partial charge in [0.15, 0.2) is 0 Å². The van der Waals surface area contributed by atoms with Crippen molar-refractivity contribution in [3.63, 3.8) is 0 Å². The second-order valence-electron chi connectivity index (χ2n) is 9.69. The van der Waals surface area contributed by atoms with Crippen molar-refractivity contribution in [1.29, 1.82) is 0 Å². The Morgan fingerprint density at radius 3 is 2.43 bits per heavy atom. The minimum absolute atomic E-state index is 0.0308. The molecule has 5 rings (SSSR count). The van der Waals surface area contributed by atoms with Gasteiger partial charge in [0, 0.05) is 35.7 Å². The fraction of sp³-hybridized carbons (Fsp3) is 0.300. The molecule has 7 heteroatoms. The minimum Gasteiger partial charge on any atom is -0.333 e. The maximum atomic E-state index is 13.8. The Hall–Kier alpha value is -3.29. The maximum absolute atomic E-state index is 13.8. The van der Waals surface area contributed by atoms with Gasteiger partial charge in [-0.25, -0.2) is 4.98 Å². The Morgan fingerprint density at radius 2 is 1.73 bits per heavy atom. The van der Waals surface area contributed by atoms with Crippen LogP contribution in [-0.4, -0.2) is 50.9 Å². The predicted molar refractivity (Wildman–Crippen MR) is 151 cm³/mol. The highest BCUT2D eigenvalue weighted by molar-refractivity contribution is 9.10. The van der Waals surface area contributed by atoms with Crippen molar-refractivity contribution in [2.24, 2.45) is 0 Å². The van der Waals surface area contributed by atoms with E-state index in [1.54, 1.807) is 4.57 Å². The van der Waals surface area contributed by atoms with Crippen LogP contribution in [0.1, 0.15) is 48.1 Å². The van der Waals surface area contributed by atoms with Crippen molar-refractivity contribution < 1.29 is 4.79 Å². The van der Waals surface area contributed by atoms with Crippen LogP contribution in [-0.2, 0) is 0 Å². The van der Waals surface area contributed by atoms with Crippen LogP contribution in [0.3, 0.4) is 0 Å². The van der Waals surface area contributed by atoms with Gasteiger partial charge in [0.1, 0.15) is 5.82 Å². The number of carbonyl (C=O) groups is 1. The summed E-state index contributed by atoms with van der Waals surface area (Å²) in [7, 11) is 0. The van der Waals surface area contributed by atoms with Gasteiger partial charge in [0.2, 0.25) is 0 Å². The lowest BCUT2D eigenvalue weighted by Crippen LogP contribution is -2.55. The average Bonchev–Trinajstić information content (AvgIpc) is 2.90. The fourth-order valence-electron chi connectivity index (χ4n) is 5.36. The molecule has 37 heavy (non-hydrogen) atoms. The molecule has 190 valence electrons.